The lowest BCUT2D eigenvalue weighted by molar-refractivity contribution is 0.0953. The van der Waals surface area contributed by atoms with Crippen LogP contribution in [0.4, 0.5) is 0 Å². The summed E-state index contributed by atoms with van der Waals surface area (Å²) in [7, 11) is 5.48. The fraction of sp³-hybridized carbons (Fsp3) is 0.333. The van der Waals surface area contributed by atoms with E-state index in [0.29, 0.717) is 17.6 Å². The highest BCUT2D eigenvalue weighted by Crippen LogP contribution is 1.92. The first-order valence-electron chi connectivity index (χ1n) is 4.22. The number of nitrogens with zero attached hydrogens (tertiary/aromatic N) is 1. The molecule has 1 N–H and O–H groups in total. The van der Waals surface area contributed by atoms with E-state index in [1.165, 1.54) is 12.4 Å². The SMILES string of the molecule is [B]c1cncc(C(=O)NCCC)c1. The van der Waals surface area contributed by atoms with Crippen molar-refractivity contribution in [2.75, 3.05) is 6.54 Å². The van der Waals surface area contributed by atoms with Crippen LogP contribution in [0.3, 0.4) is 0 Å². The van der Waals surface area contributed by atoms with Gasteiger partial charge in [0, 0.05) is 18.9 Å². The number of rotatable bonds is 3. The maximum Gasteiger partial charge on any atom is 0.252 e. The minimum Gasteiger partial charge on any atom is -0.352 e. The van der Waals surface area contributed by atoms with E-state index in [2.05, 4.69) is 10.3 Å². The highest BCUT2D eigenvalue weighted by atomic mass is 16.1. The molecule has 0 bridgehead atoms. The average molecular weight is 174 g/mol. The van der Waals surface area contributed by atoms with Crippen LogP contribution in [-0.2, 0) is 0 Å². The van der Waals surface area contributed by atoms with Gasteiger partial charge in [0.25, 0.3) is 5.91 Å². The molecule has 1 rings (SSSR count). The Kier molecular flexibility index (Phi) is 3.49. The quantitative estimate of drug-likeness (QED) is 0.656. The van der Waals surface area contributed by atoms with Gasteiger partial charge in [0.05, 0.1) is 5.56 Å². The predicted octanol–water partition coefficient (Wildman–Crippen LogP) is 0.0152. The minimum atomic E-state index is -0.123. The summed E-state index contributed by atoms with van der Waals surface area (Å²) in [6, 6.07) is 1.61. The average Bonchev–Trinajstić information content (AvgIpc) is 2.14. The second-order valence-corrected chi connectivity index (χ2v) is 2.76. The van der Waals surface area contributed by atoms with Crippen LogP contribution in [0.1, 0.15) is 23.7 Å². The van der Waals surface area contributed by atoms with Gasteiger partial charge < -0.3 is 5.32 Å². The molecule has 2 radical (unpaired) electrons. The molecule has 0 aliphatic heterocycles. The van der Waals surface area contributed by atoms with Crippen LogP contribution >= 0.6 is 0 Å². The number of hydrogen-bond donors (Lipinski definition) is 1. The molecule has 1 amide bonds. The van der Waals surface area contributed by atoms with Gasteiger partial charge in [-0.15, -0.1) is 0 Å². The number of amides is 1. The molecule has 4 heteroatoms. The van der Waals surface area contributed by atoms with Crippen LogP contribution in [0, 0.1) is 0 Å². The third kappa shape index (κ3) is 2.90. The fourth-order valence-corrected chi connectivity index (χ4v) is 0.922. The van der Waals surface area contributed by atoms with Gasteiger partial charge in [0.15, 0.2) is 0 Å². The van der Waals surface area contributed by atoms with Gasteiger partial charge in [0.2, 0.25) is 0 Å². The van der Waals surface area contributed by atoms with E-state index in [0.717, 1.165) is 6.42 Å². The number of carbonyl (C=O) groups excluding carboxylic acids is 1. The van der Waals surface area contributed by atoms with Crippen molar-refractivity contribution in [3.8, 4) is 0 Å². The number of nitrogens with one attached hydrogen (secondary N) is 1. The smallest absolute Gasteiger partial charge is 0.252 e. The Hall–Kier alpha value is -1.32. The maximum atomic E-state index is 11.3. The molecule has 66 valence electrons. The zero-order valence-corrected chi connectivity index (χ0v) is 7.58. The van der Waals surface area contributed by atoms with Crippen molar-refractivity contribution in [3.63, 3.8) is 0 Å². The highest BCUT2D eigenvalue weighted by molar-refractivity contribution is 6.32. The lowest BCUT2D eigenvalue weighted by atomic mass is 9.97. The fourth-order valence-electron chi connectivity index (χ4n) is 0.922. The van der Waals surface area contributed by atoms with E-state index in [-0.39, 0.29) is 5.91 Å². The van der Waals surface area contributed by atoms with Crippen LogP contribution in [0.15, 0.2) is 18.5 Å². The van der Waals surface area contributed by atoms with Gasteiger partial charge in [-0.25, -0.2) is 0 Å². The van der Waals surface area contributed by atoms with Gasteiger partial charge in [-0.1, -0.05) is 18.5 Å². The molecule has 0 aromatic carbocycles. The van der Waals surface area contributed by atoms with Crippen LogP contribution in [0.25, 0.3) is 0 Å². The highest BCUT2D eigenvalue weighted by Gasteiger charge is 2.03. The Labute approximate surface area is 79.0 Å². The first-order valence-corrected chi connectivity index (χ1v) is 4.22. The van der Waals surface area contributed by atoms with E-state index >= 15 is 0 Å². The predicted molar refractivity (Wildman–Crippen MR) is 52.2 cm³/mol. The van der Waals surface area contributed by atoms with Crippen molar-refractivity contribution in [2.24, 2.45) is 0 Å². The Morgan fingerprint density at radius 1 is 1.62 bits per heavy atom. The number of carbonyl (C=O) groups is 1. The van der Waals surface area contributed by atoms with E-state index in [1.54, 1.807) is 6.07 Å². The molecule has 1 aromatic rings. The van der Waals surface area contributed by atoms with Gasteiger partial charge in [-0.05, 0) is 6.42 Å². The van der Waals surface area contributed by atoms with Crippen molar-refractivity contribution in [3.05, 3.63) is 24.0 Å². The van der Waals surface area contributed by atoms with Crippen LogP contribution in [-0.4, -0.2) is 25.3 Å². The molecule has 1 aromatic heterocycles. The molecule has 3 nitrogen and oxygen atoms in total. The monoisotopic (exact) mass is 174 g/mol. The first kappa shape index (κ1) is 9.77. The maximum absolute atomic E-state index is 11.3. The van der Waals surface area contributed by atoms with Gasteiger partial charge in [-0.2, -0.15) is 0 Å². The molecule has 0 aliphatic rings. The standard InChI is InChI=1S/C9H11BN2O/c1-2-3-12-9(13)7-4-8(10)6-11-5-7/h4-6H,2-3H2,1H3,(H,12,13). The molecule has 0 saturated carbocycles. The summed E-state index contributed by atoms with van der Waals surface area (Å²) >= 11 is 0. The van der Waals surface area contributed by atoms with Crippen LogP contribution < -0.4 is 10.8 Å². The molecule has 0 saturated heterocycles. The molecule has 0 unspecified atom stereocenters. The normalized spacial score (nSPS) is 9.62. The largest absolute Gasteiger partial charge is 0.352 e. The molecule has 0 atom stereocenters. The van der Waals surface area contributed by atoms with Crippen LogP contribution in [0.2, 0.25) is 0 Å². The van der Waals surface area contributed by atoms with Gasteiger partial charge in [0.1, 0.15) is 7.85 Å². The Balaban J connectivity index is 2.66. The van der Waals surface area contributed by atoms with Gasteiger partial charge in [-0.3, -0.25) is 9.78 Å². The van der Waals surface area contributed by atoms with E-state index in [9.17, 15) is 4.79 Å². The summed E-state index contributed by atoms with van der Waals surface area (Å²) in [5, 5.41) is 2.74. The molecule has 0 spiro atoms. The Morgan fingerprint density at radius 3 is 3.00 bits per heavy atom. The summed E-state index contributed by atoms with van der Waals surface area (Å²) < 4.78 is 0. The third-order valence-electron chi connectivity index (χ3n) is 1.56. The Bertz CT molecular complexity index is 301. The zero-order valence-electron chi connectivity index (χ0n) is 7.58. The van der Waals surface area contributed by atoms with Crippen molar-refractivity contribution in [2.45, 2.75) is 13.3 Å². The summed E-state index contributed by atoms with van der Waals surface area (Å²) in [5.74, 6) is -0.123. The summed E-state index contributed by atoms with van der Waals surface area (Å²) in [6.07, 6.45) is 3.93. The van der Waals surface area contributed by atoms with Crippen LogP contribution in [0.5, 0.6) is 0 Å². The second-order valence-electron chi connectivity index (χ2n) is 2.76. The van der Waals surface area contributed by atoms with Crippen molar-refractivity contribution in [1.82, 2.24) is 10.3 Å². The lowest BCUT2D eigenvalue weighted by Crippen LogP contribution is -2.25. The van der Waals surface area contributed by atoms with E-state index < -0.39 is 0 Å². The van der Waals surface area contributed by atoms with E-state index in [4.69, 9.17) is 7.85 Å². The number of aromatic nitrogens is 1. The first-order chi connectivity index (χ1) is 6.24. The topological polar surface area (TPSA) is 42.0 Å². The summed E-state index contributed by atoms with van der Waals surface area (Å²) in [4.78, 5) is 15.2. The number of pyridine rings is 1. The lowest BCUT2D eigenvalue weighted by Gasteiger charge is -2.03. The zero-order chi connectivity index (χ0) is 9.68. The summed E-state index contributed by atoms with van der Waals surface area (Å²) in [6.45, 7) is 2.67. The van der Waals surface area contributed by atoms with Gasteiger partial charge >= 0.3 is 0 Å². The number of hydrogen-bond acceptors (Lipinski definition) is 2. The van der Waals surface area contributed by atoms with Crippen molar-refractivity contribution in [1.29, 1.82) is 0 Å². The molecule has 13 heavy (non-hydrogen) atoms. The summed E-state index contributed by atoms with van der Waals surface area (Å²) in [5.41, 5.74) is 1.01. The molecule has 0 fully saturated rings. The molecule has 1 heterocycles. The molecular weight excluding hydrogens is 163 g/mol. The van der Waals surface area contributed by atoms with Crippen molar-refractivity contribution >= 4 is 19.2 Å². The van der Waals surface area contributed by atoms with Crippen molar-refractivity contribution < 1.29 is 4.79 Å². The Morgan fingerprint density at radius 2 is 2.38 bits per heavy atom. The third-order valence-corrected chi connectivity index (χ3v) is 1.56. The molecular formula is C9H11BN2O. The second kappa shape index (κ2) is 4.65. The molecule has 0 aliphatic carbocycles. The minimum absolute atomic E-state index is 0.123. The van der Waals surface area contributed by atoms with E-state index in [1.807, 2.05) is 6.92 Å².